The van der Waals surface area contributed by atoms with Gasteiger partial charge in [-0.3, -0.25) is 5.10 Å². The Bertz CT molecular complexity index is 800. The van der Waals surface area contributed by atoms with Gasteiger partial charge in [-0.2, -0.15) is 5.10 Å². The van der Waals surface area contributed by atoms with E-state index in [1.54, 1.807) is 0 Å². The maximum atomic E-state index is 6.04. The minimum absolute atomic E-state index is 0.00329. The van der Waals surface area contributed by atoms with E-state index in [1.165, 1.54) is 16.7 Å². The maximum absolute atomic E-state index is 6.04. The summed E-state index contributed by atoms with van der Waals surface area (Å²) in [6, 6.07) is 8.75. The van der Waals surface area contributed by atoms with Crippen molar-refractivity contribution >= 4 is 11.0 Å². The lowest BCUT2D eigenvalue weighted by Gasteiger charge is -2.28. The Morgan fingerprint density at radius 1 is 1.27 bits per heavy atom. The zero-order chi connectivity index (χ0) is 15.7. The van der Waals surface area contributed by atoms with Crippen LogP contribution in [-0.2, 0) is 5.41 Å². The van der Waals surface area contributed by atoms with E-state index >= 15 is 0 Å². The van der Waals surface area contributed by atoms with E-state index in [9.17, 15) is 0 Å². The summed E-state index contributed by atoms with van der Waals surface area (Å²) >= 11 is 0. The van der Waals surface area contributed by atoms with E-state index < -0.39 is 0 Å². The fourth-order valence-corrected chi connectivity index (χ4v) is 2.86. The van der Waals surface area contributed by atoms with Crippen molar-refractivity contribution in [2.24, 2.45) is 5.73 Å². The highest BCUT2D eigenvalue weighted by Gasteiger charge is 2.23. The molecule has 0 spiro atoms. The first-order valence-electron chi connectivity index (χ1n) is 7.68. The van der Waals surface area contributed by atoms with Crippen LogP contribution in [0, 0.1) is 6.92 Å². The van der Waals surface area contributed by atoms with Gasteiger partial charge in [-0.15, -0.1) is 0 Å². The monoisotopic (exact) mass is 294 g/mol. The van der Waals surface area contributed by atoms with Gasteiger partial charge in [0.25, 0.3) is 0 Å². The second-order valence-corrected chi connectivity index (χ2v) is 6.20. The molecule has 3 aromatic rings. The number of aromatic amines is 1. The minimum atomic E-state index is 0.00329. The van der Waals surface area contributed by atoms with Gasteiger partial charge in [-0.25, -0.2) is 4.98 Å². The molecular weight excluding hydrogens is 272 g/mol. The first kappa shape index (κ1) is 14.7. The van der Waals surface area contributed by atoms with E-state index in [0.29, 0.717) is 6.54 Å². The fraction of sp³-hybridized carbons (Fsp3) is 0.333. The number of rotatable bonds is 4. The van der Waals surface area contributed by atoms with E-state index in [0.717, 1.165) is 23.0 Å². The van der Waals surface area contributed by atoms with Gasteiger partial charge in [0.05, 0.1) is 6.20 Å². The first-order valence-corrected chi connectivity index (χ1v) is 7.68. The molecule has 0 aliphatic rings. The predicted molar refractivity (Wildman–Crippen MR) is 90.8 cm³/mol. The lowest BCUT2D eigenvalue weighted by molar-refractivity contribution is 0.467. The SMILES string of the molecule is CCC(C)(CN)c1cc(C)cc(-c2ccnc3[nH]ncc23)c1. The average Bonchev–Trinajstić information content (AvgIpc) is 3.02. The third-order valence-electron chi connectivity index (χ3n) is 4.67. The van der Waals surface area contributed by atoms with Gasteiger partial charge in [0.2, 0.25) is 0 Å². The van der Waals surface area contributed by atoms with Crippen molar-refractivity contribution in [1.82, 2.24) is 15.2 Å². The third-order valence-corrected chi connectivity index (χ3v) is 4.67. The molecule has 3 rings (SSSR count). The first-order chi connectivity index (χ1) is 10.6. The van der Waals surface area contributed by atoms with E-state index in [4.69, 9.17) is 5.73 Å². The zero-order valence-electron chi connectivity index (χ0n) is 13.4. The summed E-state index contributed by atoms with van der Waals surface area (Å²) in [6.45, 7) is 7.19. The van der Waals surface area contributed by atoms with Gasteiger partial charge >= 0.3 is 0 Å². The Morgan fingerprint density at radius 2 is 2.09 bits per heavy atom. The molecule has 0 saturated heterocycles. The quantitative estimate of drug-likeness (QED) is 0.773. The van der Waals surface area contributed by atoms with Crippen LogP contribution in [0.3, 0.4) is 0 Å². The fourth-order valence-electron chi connectivity index (χ4n) is 2.86. The van der Waals surface area contributed by atoms with Crippen LogP contribution in [-0.4, -0.2) is 21.7 Å². The Hall–Kier alpha value is -2.20. The summed E-state index contributed by atoms with van der Waals surface area (Å²) in [7, 11) is 0. The highest BCUT2D eigenvalue weighted by atomic mass is 15.1. The zero-order valence-corrected chi connectivity index (χ0v) is 13.4. The minimum Gasteiger partial charge on any atom is -0.330 e. The standard InChI is InChI=1S/C18H22N4/c1-4-18(3,11-19)14-8-12(2)7-13(9-14)15-5-6-20-17-16(15)10-21-22-17/h5-10H,4,11,19H2,1-3H3,(H,20,21,22). The molecule has 0 amide bonds. The maximum Gasteiger partial charge on any atom is 0.155 e. The van der Waals surface area contributed by atoms with Crippen LogP contribution in [0.1, 0.15) is 31.4 Å². The molecule has 3 N–H and O–H groups in total. The van der Waals surface area contributed by atoms with E-state index in [1.807, 2.05) is 18.5 Å². The number of hydrogen-bond donors (Lipinski definition) is 2. The molecule has 4 heteroatoms. The largest absolute Gasteiger partial charge is 0.330 e. The highest BCUT2D eigenvalue weighted by Crippen LogP contribution is 2.33. The van der Waals surface area contributed by atoms with Crippen LogP contribution >= 0.6 is 0 Å². The van der Waals surface area contributed by atoms with Crippen LogP contribution in [0.25, 0.3) is 22.2 Å². The number of aromatic nitrogens is 3. The van der Waals surface area contributed by atoms with Crippen LogP contribution in [0.4, 0.5) is 0 Å². The van der Waals surface area contributed by atoms with Crippen molar-refractivity contribution in [3.8, 4) is 11.1 Å². The topological polar surface area (TPSA) is 67.6 Å². The molecule has 2 heterocycles. The van der Waals surface area contributed by atoms with Crippen molar-refractivity contribution in [1.29, 1.82) is 0 Å². The Kier molecular flexibility index (Phi) is 3.71. The van der Waals surface area contributed by atoms with Crippen molar-refractivity contribution in [2.45, 2.75) is 32.6 Å². The molecule has 0 aliphatic heterocycles. The number of hydrogen-bond acceptors (Lipinski definition) is 3. The number of aryl methyl sites for hydroxylation is 1. The molecule has 114 valence electrons. The van der Waals surface area contributed by atoms with Crippen LogP contribution in [0.15, 0.2) is 36.7 Å². The number of nitrogens with two attached hydrogens (primary N) is 1. The lowest BCUT2D eigenvalue weighted by Crippen LogP contribution is -2.31. The van der Waals surface area contributed by atoms with Gasteiger partial charge in [-0.05, 0) is 36.1 Å². The van der Waals surface area contributed by atoms with Gasteiger partial charge in [0, 0.05) is 23.5 Å². The van der Waals surface area contributed by atoms with Crippen LogP contribution < -0.4 is 5.73 Å². The molecule has 0 fully saturated rings. The summed E-state index contributed by atoms with van der Waals surface area (Å²) in [5, 5.41) is 8.08. The molecule has 0 aliphatic carbocycles. The Balaban J connectivity index is 2.20. The molecule has 1 unspecified atom stereocenters. The van der Waals surface area contributed by atoms with Crippen LogP contribution in [0.5, 0.6) is 0 Å². The Labute approximate surface area is 130 Å². The second-order valence-electron chi connectivity index (χ2n) is 6.20. The molecule has 0 radical (unpaired) electrons. The van der Waals surface area contributed by atoms with Gasteiger partial charge < -0.3 is 5.73 Å². The van der Waals surface area contributed by atoms with Gasteiger partial charge in [0.1, 0.15) is 0 Å². The smallest absolute Gasteiger partial charge is 0.155 e. The van der Waals surface area contributed by atoms with Crippen molar-refractivity contribution in [3.63, 3.8) is 0 Å². The van der Waals surface area contributed by atoms with Gasteiger partial charge in [-0.1, -0.05) is 37.6 Å². The van der Waals surface area contributed by atoms with E-state index in [-0.39, 0.29) is 5.41 Å². The molecule has 1 aromatic carbocycles. The lowest BCUT2D eigenvalue weighted by atomic mass is 9.78. The number of H-pyrrole nitrogens is 1. The molecular formula is C18H22N4. The normalized spacial score (nSPS) is 14.2. The molecule has 2 aromatic heterocycles. The molecule has 0 bridgehead atoms. The highest BCUT2D eigenvalue weighted by molar-refractivity contribution is 5.92. The summed E-state index contributed by atoms with van der Waals surface area (Å²) in [4.78, 5) is 4.32. The van der Waals surface area contributed by atoms with Gasteiger partial charge in [0.15, 0.2) is 5.65 Å². The number of fused-ring (bicyclic) bond motifs is 1. The third kappa shape index (κ3) is 2.40. The molecule has 4 nitrogen and oxygen atoms in total. The summed E-state index contributed by atoms with van der Waals surface area (Å²) < 4.78 is 0. The number of pyridine rings is 1. The Morgan fingerprint density at radius 3 is 2.82 bits per heavy atom. The van der Waals surface area contributed by atoms with Crippen molar-refractivity contribution in [2.75, 3.05) is 6.54 Å². The van der Waals surface area contributed by atoms with Crippen molar-refractivity contribution in [3.05, 3.63) is 47.8 Å². The number of nitrogens with one attached hydrogen (secondary N) is 1. The molecule has 22 heavy (non-hydrogen) atoms. The summed E-state index contributed by atoms with van der Waals surface area (Å²) in [6.07, 6.45) is 4.67. The number of benzene rings is 1. The molecule has 1 atom stereocenters. The molecule has 0 saturated carbocycles. The second kappa shape index (κ2) is 5.54. The summed E-state index contributed by atoms with van der Waals surface area (Å²) in [5.74, 6) is 0. The predicted octanol–water partition coefficient (Wildman–Crippen LogP) is 3.56. The van der Waals surface area contributed by atoms with Crippen LogP contribution in [0.2, 0.25) is 0 Å². The average molecular weight is 294 g/mol. The van der Waals surface area contributed by atoms with Crippen molar-refractivity contribution < 1.29 is 0 Å². The van der Waals surface area contributed by atoms with E-state index in [2.05, 4.69) is 54.2 Å². The number of nitrogens with zero attached hydrogens (tertiary/aromatic N) is 2. The summed E-state index contributed by atoms with van der Waals surface area (Å²) in [5.41, 5.74) is 11.7.